The average Bonchev–Trinajstić information content (AvgIpc) is 2.87. The highest BCUT2D eigenvalue weighted by molar-refractivity contribution is 7.19. The molecule has 0 nitrogen and oxygen atoms in total. The van der Waals surface area contributed by atoms with E-state index in [0.717, 1.165) is 10.3 Å². The van der Waals surface area contributed by atoms with Crippen LogP contribution in [0.5, 0.6) is 0 Å². The summed E-state index contributed by atoms with van der Waals surface area (Å²) in [5.41, 5.74) is 0.478. The van der Waals surface area contributed by atoms with Crippen molar-refractivity contribution in [1.82, 2.24) is 0 Å². The minimum absolute atomic E-state index is 0.276. The number of benzene rings is 2. The van der Waals surface area contributed by atoms with Crippen molar-refractivity contribution in [1.29, 1.82) is 0 Å². The Balaban J connectivity index is 1.91. The molecule has 3 rings (SSSR count). The molecular weight excluding hydrogens is 314 g/mol. The van der Waals surface area contributed by atoms with Gasteiger partial charge in [-0.05, 0) is 36.1 Å². The third-order valence-corrected chi connectivity index (χ3v) is 5.30. The molecule has 1 atom stereocenters. The summed E-state index contributed by atoms with van der Waals surface area (Å²) in [6.07, 6.45) is 0.389. The number of halogens is 3. The Morgan fingerprint density at radius 2 is 1.90 bits per heavy atom. The quantitative estimate of drug-likeness (QED) is 0.502. The first-order valence-corrected chi connectivity index (χ1v) is 7.83. The molecule has 2 aromatic carbocycles. The number of hydrogen-bond acceptors (Lipinski definition) is 1. The molecule has 3 aromatic rings. The van der Waals surface area contributed by atoms with E-state index in [9.17, 15) is 4.39 Å². The van der Waals surface area contributed by atoms with Crippen LogP contribution in [0.2, 0.25) is 5.02 Å². The van der Waals surface area contributed by atoms with Crippen molar-refractivity contribution in [2.75, 3.05) is 0 Å². The highest BCUT2D eigenvalue weighted by Gasteiger charge is 2.16. The molecule has 0 aliphatic carbocycles. The van der Waals surface area contributed by atoms with Crippen LogP contribution in [-0.4, -0.2) is 0 Å². The molecular formula is C16H11Cl2FS. The second kappa shape index (κ2) is 5.72. The Labute approximate surface area is 130 Å². The van der Waals surface area contributed by atoms with Gasteiger partial charge in [-0.1, -0.05) is 35.9 Å². The second-order valence-electron chi connectivity index (χ2n) is 4.56. The lowest BCUT2D eigenvalue weighted by atomic mass is 10.1. The van der Waals surface area contributed by atoms with Gasteiger partial charge in [0.15, 0.2) is 0 Å². The van der Waals surface area contributed by atoms with E-state index in [1.807, 2.05) is 12.1 Å². The van der Waals surface area contributed by atoms with Crippen molar-refractivity contribution in [3.05, 3.63) is 69.8 Å². The maximum absolute atomic E-state index is 13.8. The van der Waals surface area contributed by atoms with Crippen molar-refractivity contribution in [3.8, 4) is 0 Å². The molecule has 0 radical (unpaired) electrons. The van der Waals surface area contributed by atoms with E-state index in [4.69, 9.17) is 23.2 Å². The fraction of sp³-hybridized carbons (Fsp3) is 0.125. The summed E-state index contributed by atoms with van der Waals surface area (Å²) in [7, 11) is 0. The lowest BCUT2D eigenvalue weighted by Gasteiger charge is -2.09. The summed E-state index contributed by atoms with van der Waals surface area (Å²) in [5, 5.41) is 1.32. The zero-order valence-electron chi connectivity index (χ0n) is 10.4. The monoisotopic (exact) mass is 324 g/mol. The topological polar surface area (TPSA) is 0 Å². The summed E-state index contributed by atoms with van der Waals surface area (Å²) in [6.45, 7) is 0. The maximum atomic E-state index is 13.8. The molecule has 102 valence electrons. The molecule has 0 N–H and O–H groups in total. The van der Waals surface area contributed by atoms with Gasteiger partial charge in [0.25, 0.3) is 0 Å². The number of hydrogen-bond donors (Lipinski definition) is 0. The number of thiophene rings is 1. The van der Waals surface area contributed by atoms with Crippen molar-refractivity contribution in [2.45, 2.75) is 11.8 Å². The van der Waals surface area contributed by atoms with Crippen LogP contribution < -0.4 is 0 Å². The number of rotatable bonds is 3. The highest BCUT2D eigenvalue weighted by Crippen LogP contribution is 2.36. The van der Waals surface area contributed by atoms with E-state index >= 15 is 0 Å². The predicted octanol–water partition coefficient (Wildman–Crippen LogP) is 6.22. The van der Waals surface area contributed by atoms with Gasteiger partial charge in [0.05, 0.1) is 5.38 Å². The number of alkyl halides is 1. The zero-order chi connectivity index (χ0) is 14.1. The Hall–Kier alpha value is -1.09. The van der Waals surface area contributed by atoms with Gasteiger partial charge in [-0.3, -0.25) is 0 Å². The van der Waals surface area contributed by atoms with Crippen molar-refractivity contribution < 1.29 is 4.39 Å². The summed E-state index contributed by atoms with van der Waals surface area (Å²) in [6, 6.07) is 14.9. The van der Waals surface area contributed by atoms with E-state index < -0.39 is 0 Å². The van der Waals surface area contributed by atoms with Gasteiger partial charge in [-0.15, -0.1) is 22.9 Å². The van der Waals surface area contributed by atoms with Crippen LogP contribution in [0.4, 0.5) is 4.39 Å². The summed E-state index contributed by atoms with van der Waals surface area (Å²) in [5.74, 6) is -0.302. The lowest BCUT2D eigenvalue weighted by Crippen LogP contribution is -1.97. The molecule has 0 saturated heterocycles. The van der Waals surface area contributed by atoms with Gasteiger partial charge < -0.3 is 0 Å². The molecule has 0 bridgehead atoms. The van der Waals surface area contributed by atoms with E-state index in [-0.39, 0.29) is 11.2 Å². The molecule has 1 heterocycles. The fourth-order valence-electron chi connectivity index (χ4n) is 2.16. The molecule has 0 aliphatic rings. The van der Waals surface area contributed by atoms with E-state index in [0.29, 0.717) is 17.0 Å². The summed E-state index contributed by atoms with van der Waals surface area (Å²) in [4.78, 5) is 1.03. The van der Waals surface area contributed by atoms with E-state index in [1.54, 1.807) is 23.5 Å². The van der Waals surface area contributed by atoms with Gasteiger partial charge in [0.1, 0.15) is 5.82 Å². The summed E-state index contributed by atoms with van der Waals surface area (Å²) >= 11 is 14.1. The molecule has 1 aromatic heterocycles. The first-order chi connectivity index (χ1) is 9.65. The van der Waals surface area contributed by atoms with Crippen LogP contribution in [0.3, 0.4) is 0 Å². The first-order valence-electron chi connectivity index (χ1n) is 6.20. The third-order valence-electron chi connectivity index (χ3n) is 3.20. The molecule has 0 fully saturated rings. The van der Waals surface area contributed by atoms with Crippen LogP contribution in [0, 0.1) is 5.82 Å². The van der Waals surface area contributed by atoms with Gasteiger partial charge in [0, 0.05) is 20.2 Å². The van der Waals surface area contributed by atoms with Crippen molar-refractivity contribution >= 4 is 44.6 Å². The van der Waals surface area contributed by atoms with Crippen molar-refractivity contribution in [2.24, 2.45) is 0 Å². The third kappa shape index (κ3) is 2.69. The Morgan fingerprint density at radius 3 is 2.65 bits per heavy atom. The van der Waals surface area contributed by atoms with Gasteiger partial charge in [0.2, 0.25) is 0 Å². The smallest absolute Gasteiger partial charge is 0.127 e. The minimum atomic E-state index is -0.302. The molecule has 0 aliphatic heterocycles. The molecule has 0 amide bonds. The molecule has 4 heteroatoms. The molecule has 0 spiro atoms. The van der Waals surface area contributed by atoms with Crippen LogP contribution in [0.15, 0.2) is 48.5 Å². The van der Waals surface area contributed by atoms with E-state index in [2.05, 4.69) is 18.2 Å². The SMILES string of the molecule is Fc1cccc(Cl)c1CC(Cl)c1cc2ccccc2s1. The number of fused-ring (bicyclic) bond motifs is 1. The lowest BCUT2D eigenvalue weighted by molar-refractivity contribution is 0.608. The van der Waals surface area contributed by atoms with Crippen LogP contribution in [0.1, 0.15) is 15.8 Å². The second-order valence-corrected chi connectivity index (χ2v) is 6.61. The first kappa shape index (κ1) is 13.9. The van der Waals surface area contributed by atoms with E-state index in [1.165, 1.54) is 10.8 Å². The maximum Gasteiger partial charge on any atom is 0.127 e. The fourth-order valence-corrected chi connectivity index (χ4v) is 3.80. The molecule has 1 unspecified atom stereocenters. The molecule has 20 heavy (non-hydrogen) atoms. The Bertz CT molecular complexity index is 698. The van der Waals surface area contributed by atoms with Crippen LogP contribution >= 0.6 is 34.5 Å². The largest absolute Gasteiger partial charge is 0.207 e. The molecule has 0 saturated carbocycles. The normalized spacial score (nSPS) is 12.8. The van der Waals surface area contributed by atoms with Crippen molar-refractivity contribution in [3.63, 3.8) is 0 Å². The van der Waals surface area contributed by atoms with Gasteiger partial charge in [-0.2, -0.15) is 0 Å². The van der Waals surface area contributed by atoms with Crippen LogP contribution in [0.25, 0.3) is 10.1 Å². The Morgan fingerprint density at radius 1 is 1.10 bits per heavy atom. The highest BCUT2D eigenvalue weighted by atomic mass is 35.5. The van der Waals surface area contributed by atoms with Gasteiger partial charge >= 0.3 is 0 Å². The van der Waals surface area contributed by atoms with Gasteiger partial charge in [-0.25, -0.2) is 4.39 Å². The van der Waals surface area contributed by atoms with Crippen LogP contribution in [-0.2, 0) is 6.42 Å². The zero-order valence-corrected chi connectivity index (χ0v) is 12.8. The minimum Gasteiger partial charge on any atom is -0.207 e. The standard InChI is InChI=1S/C16H11Cl2FS/c17-12-5-3-6-14(19)11(12)9-13(18)16-8-10-4-1-2-7-15(10)20-16/h1-8,13H,9H2. The average molecular weight is 325 g/mol. The summed E-state index contributed by atoms with van der Waals surface area (Å²) < 4.78 is 15.0. The Kier molecular flexibility index (Phi) is 3.97. The predicted molar refractivity (Wildman–Crippen MR) is 85.5 cm³/mol.